The van der Waals surface area contributed by atoms with E-state index in [2.05, 4.69) is 4.74 Å². The number of carbonyl (C=O) groups is 1. The highest BCUT2D eigenvalue weighted by atomic mass is 16.8. The van der Waals surface area contributed by atoms with Crippen LogP contribution in [0.2, 0.25) is 0 Å². The third-order valence-corrected chi connectivity index (χ3v) is 0.490. The third-order valence-electron chi connectivity index (χ3n) is 0.490. The van der Waals surface area contributed by atoms with Gasteiger partial charge in [-0.15, -0.1) is 4.90 Å². The Morgan fingerprint density at radius 3 is 2.25 bits per heavy atom. The first-order chi connectivity index (χ1) is 3.72. The van der Waals surface area contributed by atoms with Gasteiger partial charge in [0, 0.05) is 0 Å². The molecule has 5 nitrogen and oxygen atoms in total. The molecule has 0 saturated heterocycles. The van der Waals surface area contributed by atoms with Gasteiger partial charge in [-0.3, -0.25) is 4.79 Å². The van der Waals surface area contributed by atoms with Crippen LogP contribution in [0.15, 0.2) is 0 Å². The summed E-state index contributed by atoms with van der Waals surface area (Å²) in [5, 5.41) is 19.1. The molecule has 0 amide bonds. The van der Waals surface area contributed by atoms with Crippen LogP contribution in [0, 0.1) is 10.4 Å². The Morgan fingerprint density at radius 2 is 2.25 bits per heavy atom. The molecule has 8 heavy (non-hydrogen) atoms. The second-order valence-corrected chi connectivity index (χ2v) is 0.917. The van der Waals surface area contributed by atoms with Crippen molar-refractivity contribution in [2.24, 2.45) is 0 Å². The molecule has 0 N–H and O–H groups in total. The highest BCUT2D eigenvalue weighted by Gasteiger charge is 1.99. The van der Waals surface area contributed by atoms with Crippen LogP contribution in [0.1, 0.15) is 0 Å². The summed E-state index contributed by atoms with van der Waals surface area (Å²) in [7, 11) is 1.06. The fourth-order valence-electron chi connectivity index (χ4n) is 0.166. The summed E-state index contributed by atoms with van der Waals surface area (Å²) in [6.45, 7) is 0. The smallest absolute Gasteiger partial charge is 0.426 e. The maximum absolute atomic E-state index is 9.57. The van der Waals surface area contributed by atoms with Crippen molar-refractivity contribution in [1.29, 1.82) is 0 Å². The maximum Gasteiger partial charge on any atom is 0.426 e. The number of carbonyl (C=O) groups excluding carboxylic acids is 1. The normalized spacial score (nSPS) is 7.62. The quantitative estimate of drug-likeness (QED) is 0.149. The molecule has 0 atom stereocenters. The molecule has 0 rings (SSSR count). The molecule has 0 aromatic heterocycles. The van der Waals surface area contributed by atoms with Crippen molar-refractivity contribution in [3.63, 3.8) is 0 Å². The Labute approximate surface area is 45.3 Å². The highest BCUT2D eigenvalue weighted by Crippen LogP contribution is 1.71. The Kier molecular flexibility index (Phi) is 2.39. The van der Waals surface area contributed by atoms with Gasteiger partial charge in [0.05, 0.1) is 7.11 Å². The van der Waals surface area contributed by atoms with Crippen LogP contribution in [0.3, 0.4) is 0 Å². The van der Waals surface area contributed by atoms with Crippen molar-refractivity contribution in [2.75, 3.05) is 7.11 Å². The summed E-state index contributed by atoms with van der Waals surface area (Å²) in [6, 6.07) is 0. The average Bonchev–Trinajstić information content (AvgIpc) is 1.69. The zero-order valence-corrected chi connectivity index (χ0v) is 4.16. The summed E-state index contributed by atoms with van der Waals surface area (Å²) in [5.74, 6) is -0.773. The molecule has 0 bridgehead atoms. The number of hydrogen-bond donors (Lipinski definition) is 0. The molecule has 0 heterocycles. The van der Waals surface area contributed by atoms with Gasteiger partial charge in [0.2, 0.25) is 0 Å². The summed E-state index contributed by atoms with van der Waals surface area (Å²) < 4.78 is 4.01. The Balaban J connectivity index is 4.07. The lowest BCUT2D eigenvalue weighted by Crippen LogP contribution is -2.13. The molecule has 0 unspecified atom stereocenters. The largest absolute Gasteiger partial charge is 0.610 e. The summed E-state index contributed by atoms with van der Waals surface area (Å²) >= 11 is 0. The minimum Gasteiger partial charge on any atom is -0.610 e. The second-order valence-electron chi connectivity index (χ2n) is 0.917. The molecule has 0 radical (unpaired) electrons. The molecular formula is C3H4NO4-. The molecule has 5 heteroatoms. The third kappa shape index (κ3) is 1.46. The van der Waals surface area contributed by atoms with E-state index in [-0.39, 0.29) is 6.29 Å². The van der Waals surface area contributed by atoms with Gasteiger partial charge in [-0.1, -0.05) is 0 Å². The number of nitrogens with zero attached hydrogens (tertiary/aromatic N) is 1. The standard InChI is InChI=1S/C3H4NO4/c1-8-3(2-5)4(6)7/h2H,1H3/q-1. The number of ether oxygens (including phenoxy) is 1. The van der Waals surface area contributed by atoms with E-state index in [1.807, 2.05) is 0 Å². The fourth-order valence-corrected chi connectivity index (χ4v) is 0.166. The van der Waals surface area contributed by atoms with Gasteiger partial charge in [0.25, 0.3) is 6.29 Å². The number of aldehydes is 1. The first kappa shape index (κ1) is 6.74. The van der Waals surface area contributed by atoms with Crippen LogP contribution in [-0.2, 0) is 9.53 Å². The van der Waals surface area contributed by atoms with Crippen LogP contribution >= 0.6 is 0 Å². The van der Waals surface area contributed by atoms with Gasteiger partial charge in [0.1, 0.15) is 0 Å². The number of hydrogen-bond acceptors (Lipinski definition) is 4. The van der Waals surface area contributed by atoms with E-state index in [0.29, 0.717) is 0 Å². The predicted molar refractivity (Wildman–Crippen MR) is 25.1 cm³/mol. The number of methoxy groups -OCH3 is 1. The average molecular weight is 118 g/mol. The zero-order valence-electron chi connectivity index (χ0n) is 4.16. The Hall–Kier alpha value is -1.26. The molecule has 0 aliphatic heterocycles. The first-order valence-electron chi connectivity index (χ1n) is 1.73. The topological polar surface area (TPSA) is 75.4 Å². The summed E-state index contributed by atoms with van der Waals surface area (Å²) in [4.78, 5) is 8.68. The molecule has 0 aliphatic carbocycles. The van der Waals surface area contributed by atoms with Gasteiger partial charge in [-0.25, -0.2) is 0 Å². The van der Waals surface area contributed by atoms with Gasteiger partial charge in [-0.2, -0.15) is 0 Å². The van der Waals surface area contributed by atoms with Crippen molar-refractivity contribution in [3.8, 4) is 0 Å². The van der Waals surface area contributed by atoms with Gasteiger partial charge in [-0.05, 0) is 0 Å². The molecule has 0 aromatic rings. The van der Waals surface area contributed by atoms with Gasteiger partial charge >= 0.3 is 5.90 Å². The van der Waals surface area contributed by atoms with Gasteiger partial charge < -0.3 is 15.2 Å². The summed E-state index contributed by atoms with van der Waals surface area (Å²) in [5.41, 5.74) is 0. The lowest BCUT2D eigenvalue weighted by Gasteiger charge is -2.03. The SMILES string of the molecule is COC(C=O)=[N+]([O-])[O-]. The molecule has 0 spiro atoms. The van der Waals surface area contributed by atoms with Crippen LogP contribution in [0.5, 0.6) is 0 Å². The zero-order chi connectivity index (χ0) is 6.57. The van der Waals surface area contributed by atoms with E-state index in [0.717, 1.165) is 7.11 Å². The van der Waals surface area contributed by atoms with E-state index < -0.39 is 10.8 Å². The predicted octanol–water partition coefficient (Wildman–Crippen LogP) is -0.762. The van der Waals surface area contributed by atoms with E-state index in [1.165, 1.54) is 0 Å². The van der Waals surface area contributed by atoms with Crippen molar-refractivity contribution >= 4 is 12.2 Å². The van der Waals surface area contributed by atoms with Crippen LogP contribution < -0.4 is 0 Å². The molecule has 46 valence electrons. The fraction of sp³-hybridized carbons (Fsp3) is 0.333. The van der Waals surface area contributed by atoms with E-state index in [4.69, 9.17) is 0 Å². The van der Waals surface area contributed by atoms with E-state index >= 15 is 0 Å². The Morgan fingerprint density at radius 1 is 1.75 bits per heavy atom. The second kappa shape index (κ2) is 2.84. The number of rotatable bonds is 1. The van der Waals surface area contributed by atoms with Crippen molar-refractivity contribution < 1.29 is 14.4 Å². The van der Waals surface area contributed by atoms with E-state index in [1.54, 1.807) is 0 Å². The monoisotopic (exact) mass is 118 g/mol. The molecule has 0 fully saturated rings. The lowest BCUT2D eigenvalue weighted by atomic mass is 10.8. The van der Waals surface area contributed by atoms with Gasteiger partial charge in [0.15, 0.2) is 0 Å². The van der Waals surface area contributed by atoms with Crippen LogP contribution in [0.25, 0.3) is 0 Å². The maximum atomic E-state index is 9.57. The van der Waals surface area contributed by atoms with Crippen molar-refractivity contribution in [3.05, 3.63) is 10.4 Å². The van der Waals surface area contributed by atoms with Crippen molar-refractivity contribution in [1.82, 2.24) is 0 Å². The first-order valence-corrected chi connectivity index (χ1v) is 1.73. The summed E-state index contributed by atoms with van der Waals surface area (Å²) in [6.07, 6.45) is 0.0417. The van der Waals surface area contributed by atoms with Crippen LogP contribution in [0.4, 0.5) is 0 Å². The molecular weight excluding hydrogens is 114 g/mol. The van der Waals surface area contributed by atoms with Crippen molar-refractivity contribution in [2.45, 2.75) is 0 Å². The minimum absolute atomic E-state index is 0.0417. The highest BCUT2D eigenvalue weighted by molar-refractivity contribution is 6.21. The molecule has 0 saturated carbocycles. The Bertz CT molecular complexity index is 114. The molecule has 0 aliphatic rings. The molecule has 0 aromatic carbocycles. The van der Waals surface area contributed by atoms with E-state index in [9.17, 15) is 15.2 Å². The minimum atomic E-state index is -0.896. The van der Waals surface area contributed by atoms with Crippen LogP contribution in [-0.4, -0.2) is 24.2 Å². The lowest BCUT2D eigenvalue weighted by molar-refractivity contribution is -0.388.